The molecule has 26 heavy (non-hydrogen) atoms. The minimum Gasteiger partial charge on any atom is -0.462 e. The minimum atomic E-state index is -0.377. The summed E-state index contributed by atoms with van der Waals surface area (Å²) in [6.07, 6.45) is 3.69. The second-order valence-electron chi connectivity index (χ2n) is 5.27. The number of rotatable bonds is 6. The second kappa shape index (κ2) is 8.54. The highest BCUT2D eigenvalue weighted by Gasteiger charge is 2.18. The van der Waals surface area contributed by atoms with Gasteiger partial charge in [-0.3, -0.25) is 5.43 Å². The fourth-order valence-electron chi connectivity index (χ4n) is 2.29. The molecule has 3 rings (SSSR count). The first-order valence-electron chi connectivity index (χ1n) is 7.92. The first-order chi connectivity index (χ1) is 12.7. The number of anilines is 1. The highest BCUT2D eigenvalue weighted by molar-refractivity contribution is 7.80. The molecule has 0 radical (unpaired) electrons. The predicted molar refractivity (Wildman–Crippen MR) is 105 cm³/mol. The Morgan fingerprint density at radius 1 is 1.27 bits per heavy atom. The SMILES string of the molecule is CCOC(=O)c1cc(Cc2ccccc2)sc1NC(=S)Nn1cnnc1. The van der Waals surface area contributed by atoms with Gasteiger partial charge in [0.15, 0.2) is 5.11 Å². The Balaban J connectivity index is 1.79. The molecule has 2 heterocycles. The van der Waals surface area contributed by atoms with Gasteiger partial charge in [0.05, 0.1) is 12.2 Å². The summed E-state index contributed by atoms with van der Waals surface area (Å²) in [5, 5.41) is 11.4. The van der Waals surface area contributed by atoms with Crippen molar-refractivity contribution in [3.8, 4) is 0 Å². The lowest BCUT2D eigenvalue weighted by Crippen LogP contribution is -2.26. The third kappa shape index (κ3) is 4.64. The van der Waals surface area contributed by atoms with Gasteiger partial charge in [0.2, 0.25) is 0 Å². The van der Waals surface area contributed by atoms with Gasteiger partial charge in [0, 0.05) is 11.3 Å². The lowest BCUT2D eigenvalue weighted by Gasteiger charge is -2.10. The van der Waals surface area contributed by atoms with Gasteiger partial charge in [-0.1, -0.05) is 30.3 Å². The van der Waals surface area contributed by atoms with E-state index in [1.54, 1.807) is 6.92 Å². The molecule has 0 spiro atoms. The quantitative estimate of drug-likeness (QED) is 0.497. The van der Waals surface area contributed by atoms with Gasteiger partial charge in [-0.05, 0) is 30.8 Å². The normalized spacial score (nSPS) is 10.3. The van der Waals surface area contributed by atoms with Crippen molar-refractivity contribution in [3.63, 3.8) is 0 Å². The maximum Gasteiger partial charge on any atom is 0.341 e. The van der Waals surface area contributed by atoms with Crippen LogP contribution in [0.5, 0.6) is 0 Å². The average Bonchev–Trinajstić information content (AvgIpc) is 3.26. The van der Waals surface area contributed by atoms with Gasteiger partial charge in [-0.2, -0.15) is 0 Å². The molecule has 0 atom stereocenters. The van der Waals surface area contributed by atoms with Gasteiger partial charge < -0.3 is 10.1 Å². The van der Waals surface area contributed by atoms with Gasteiger partial charge in [0.25, 0.3) is 0 Å². The summed E-state index contributed by atoms with van der Waals surface area (Å²) >= 11 is 6.76. The third-order valence-electron chi connectivity index (χ3n) is 3.38. The van der Waals surface area contributed by atoms with Crippen molar-refractivity contribution in [3.05, 3.63) is 65.1 Å². The van der Waals surface area contributed by atoms with E-state index in [0.717, 1.165) is 11.3 Å². The molecule has 2 aromatic heterocycles. The van der Waals surface area contributed by atoms with Gasteiger partial charge in [-0.15, -0.1) is 21.5 Å². The van der Waals surface area contributed by atoms with E-state index in [0.29, 0.717) is 22.3 Å². The first-order valence-corrected chi connectivity index (χ1v) is 9.14. The van der Waals surface area contributed by atoms with Gasteiger partial charge >= 0.3 is 5.97 Å². The Bertz CT molecular complexity index is 878. The van der Waals surface area contributed by atoms with E-state index in [1.165, 1.54) is 34.2 Å². The van der Waals surface area contributed by atoms with Crippen LogP contribution in [0.3, 0.4) is 0 Å². The third-order valence-corrected chi connectivity index (χ3v) is 4.62. The van der Waals surface area contributed by atoms with Crippen molar-refractivity contribution in [2.75, 3.05) is 17.3 Å². The molecule has 0 fully saturated rings. The topological polar surface area (TPSA) is 81.1 Å². The number of aromatic nitrogens is 3. The molecule has 0 saturated heterocycles. The van der Waals surface area contributed by atoms with E-state index < -0.39 is 0 Å². The minimum absolute atomic E-state index is 0.311. The molecule has 7 nitrogen and oxygen atoms in total. The number of hydrogen-bond acceptors (Lipinski definition) is 6. The monoisotopic (exact) mass is 387 g/mol. The Kier molecular flexibility index (Phi) is 5.92. The van der Waals surface area contributed by atoms with Crippen molar-refractivity contribution in [2.45, 2.75) is 13.3 Å². The summed E-state index contributed by atoms with van der Waals surface area (Å²) in [7, 11) is 0. The van der Waals surface area contributed by atoms with Crippen LogP contribution in [0, 0.1) is 0 Å². The molecule has 0 aliphatic carbocycles. The Hall–Kier alpha value is -2.78. The molecule has 0 saturated carbocycles. The molecule has 0 aliphatic heterocycles. The number of ether oxygens (including phenoxy) is 1. The van der Waals surface area contributed by atoms with E-state index >= 15 is 0 Å². The van der Waals surface area contributed by atoms with E-state index in [2.05, 4.69) is 33.1 Å². The zero-order valence-corrected chi connectivity index (χ0v) is 15.6. The molecule has 134 valence electrons. The molecule has 0 aliphatic rings. The fraction of sp³-hybridized carbons (Fsp3) is 0.176. The molecule has 3 aromatic rings. The largest absolute Gasteiger partial charge is 0.462 e. The molecule has 0 amide bonds. The zero-order chi connectivity index (χ0) is 18.4. The van der Waals surface area contributed by atoms with Crippen molar-refractivity contribution in [1.29, 1.82) is 0 Å². The number of nitrogens with zero attached hydrogens (tertiary/aromatic N) is 3. The fourth-order valence-corrected chi connectivity index (χ4v) is 3.64. The maximum absolute atomic E-state index is 12.3. The number of nitrogens with one attached hydrogen (secondary N) is 2. The van der Waals surface area contributed by atoms with Crippen LogP contribution < -0.4 is 10.7 Å². The molecular formula is C17H17N5O2S2. The van der Waals surface area contributed by atoms with Crippen LogP contribution in [0.25, 0.3) is 0 Å². The molecule has 0 bridgehead atoms. The molecule has 2 N–H and O–H groups in total. The second-order valence-corrected chi connectivity index (χ2v) is 6.82. The summed E-state index contributed by atoms with van der Waals surface area (Å²) in [5.41, 5.74) is 4.53. The Morgan fingerprint density at radius 3 is 2.69 bits per heavy atom. The van der Waals surface area contributed by atoms with Crippen molar-refractivity contribution < 1.29 is 9.53 Å². The smallest absolute Gasteiger partial charge is 0.341 e. The summed E-state index contributed by atoms with van der Waals surface area (Å²) < 4.78 is 6.67. The summed E-state index contributed by atoms with van der Waals surface area (Å²) in [6.45, 7) is 2.09. The number of benzene rings is 1. The summed E-state index contributed by atoms with van der Waals surface area (Å²) in [6, 6.07) is 11.9. The standard InChI is InChI=1S/C17H17N5O2S2/c1-2-24-16(23)14-9-13(8-12-6-4-3-5-7-12)26-15(14)20-17(25)21-22-10-18-19-11-22/h3-7,9-11H,2,8H2,1H3,(H2,20,21,25). The van der Waals surface area contributed by atoms with Crippen LogP contribution in [0.15, 0.2) is 49.1 Å². The van der Waals surface area contributed by atoms with Crippen molar-refractivity contribution in [2.24, 2.45) is 0 Å². The highest BCUT2D eigenvalue weighted by Crippen LogP contribution is 2.30. The lowest BCUT2D eigenvalue weighted by molar-refractivity contribution is 0.0528. The summed E-state index contributed by atoms with van der Waals surface area (Å²) in [4.78, 5) is 13.3. The number of hydrogen-bond donors (Lipinski definition) is 2. The van der Waals surface area contributed by atoms with Crippen LogP contribution in [0.1, 0.15) is 27.7 Å². The number of thiocarbonyl (C=S) groups is 1. The van der Waals surface area contributed by atoms with Gasteiger partial charge in [-0.25, -0.2) is 9.47 Å². The highest BCUT2D eigenvalue weighted by atomic mass is 32.1. The van der Waals surface area contributed by atoms with Crippen molar-refractivity contribution in [1.82, 2.24) is 14.9 Å². The Labute approximate surface area is 160 Å². The van der Waals surface area contributed by atoms with Crippen LogP contribution >= 0.6 is 23.6 Å². The zero-order valence-electron chi connectivity index (χ0n) is 14.0. The Morgan fingerprint density at radius 2 is 2.00 bits per heavy atom. The molecule has 1 aromatic carbocycles. The summed E-state index contributed by atoms with van der Waals surface area (Å²) in [5.74, 6) is -0.377. The van der Waals surface area contributed by atoms with E-state index in [-0.39, 0.29) is 5.97 Å². The number of carbonyl (C=O) groups excluding carboxylic acids is 1. The predicted octanol–water partition coefficient (Wildman–Crippen LogP) is 3.05. The van der Waals surface area contributed by atoms with Gasteiger partial charge in [0.1, 0.15) is 17.7 Å². The van der Waals surface area contributed by atoms with Crippen LogP contribution in [0.2, 0.25) is 0 Å². The first kappa shape index (κ1) is 18.0. The van der Waals surface area contributed by atoms with E-state index in [1.807, 2.05) is 24.3 Å². The molecular weight excluding hydrogens is 370 g/mol. The number of esters is 1. The van der Waals surface area contributed by atoms with E-state index in [9.17, 15) is 4.79 Å². The van der Waals surface area contributed by atoms with E-state index in [4.69, 9.17) is 17.0 Å². The maximum atomic E-state index is 12.3. The van der Waals surface area contributed by atoms with Crippen LogP contribution in [-0.2, 0) is 11.2 Å². The molecule has 0 unspecified atom stereocenters. The van der Waals surface area contributed by atoms with Crippen molar-refractivity contribution >= 4 is 39.6 Å². The lowest BCUT2D eigenvalue weighted by atomic mass is 10.1. The average molecular weight is 387 g/mol. The van der Waals surface area contributed by atoms with Crippen LogP contribution in [0.4, 0.5) is 5.00 Å². The molecule has 9 heteroatoms. The number of thiophene rings is 1. The van der Waals surface area contributed by atoms with Crippen LogP contribution in [-0.4, -0.2) is 32.6 Å². The number of carbonyl (C=O) groups is 1.